The molecule has 2 aromatic heterocycles. The second kappa shape index (κ2) is 11.2. The molecule has 170 valence electrons. The number of nitrogens with one attached hydrogen (secondary N) is 3. The molecule has 33 heavy (non-hydrogen) atoms. The van der Waals surface area contributed by atoms with Gasteiger partial charge in [-0.05, 0) is 66.2 Å². The summed E-state index contributed by atoms with van der Waals surface area (Å²) in [4.78, 5) is 16.3. The number of nitrogens with zero attached hydrogens (tertiary/aromatic N) is 1. The minimum Gasteiger partial charge on any atom is -0.388 e. The van der Waals surface area contributed by atoms with Crippen LogP contribution in [0.3, 0.4) is 0 Å². The molecule has 0 fully saturated rings. The number of hydrogen-bond donors (Lipinski definition) is 4. The van der Waals surface area contributed by atoms with Gasteiger partial charge in [0.25, 0.3) is 0 Å². The highest BCUT2D eigenvalue weighted by atomic mass is 32.3. The first-order valence-corrected chi connectivity index (χ1v) is 12.0. The number of carbonyl (C=O) groups is 1. The number of aromatic nitrogens is 1. The average molecular weight is 483 g/mol. The number of para-hydroxylation sites is 1. The van der Waals surface area contributed by atoms with Crippen molar-refractivity contribution in [3.8, 4) is 10.4 Å². The number of rotatable bonds is 5. The summed E-state index contributed by atoms with van der Waals surface area (Å²) < 4.78 is 30.4. The van der Waals surface area contributed by atoms with Gasteiger partial charge < -0.3 is 16.0 Å². The monoisotopic (exact) mass is 482 g/mol. The molecule has 0 bridgehead atoms. The Balaban J connectivity index is 0.000000189. The molecule has 0 unspecified atom stereocenters. The molecule has 4 aromatic rings. The normalized spacial score (nSPS) is 10.5. The fraction of sp³-hybridized carbons (Fsp3) is 0.0435. The van der Waals surface area contributed by atoms with E-state index >= 15 is 0 Å². The number of pyridine rings is 1. The fourth-order valence-electron chi connectivity index (χ4n) is 2.67. The van der Waals surface area contributed by atoms with Crippen molar-refractivity contribution in [2.45, 2.75) is 4.21 Å². The molecular weight excluding hydrogens is 460 g/mol. The van der Waals surface area contributed by atoms with Crippen LogP contribution in [0.5, 0.6) is 0 Å². The van der Waals surface area contributed by atoms with Crippen LogP contribution < -0.4 is 16.0 Å². The number of benzene rings is 2. The molecule has 8 nitrogen and oxygen atoms in total. The average Bonchev–Trinajstić information content (AvgIpc) is 3.32. The lowest BCUT2D eigenvalue weighted by atomic mass is 10.2. The first-order valence-electron chi connectivity index (χ1n) is 9.74. The van der Waals surface area contributed by atoms with E-state index < -0.39 is 10.1 Å². The zero-order chi connectivity index (χ0) is 23.7. The van der Waals surface area contributed by atoms with Crippen LogP contribution in [0.15, 0.2) is 95.5 Å². The Labute approximate surface area is 196 Å². The molecule has 4 rings (SSSR count). The third-order valence-corrected chi connectivity index (χ3v) is 6.72. The second-order valence-electron chi connectivity index (χ2n) is 6.60. The lowest BCUT2D eigenvalue weighted by molar-refractivity contribution is 0.262. The quantitative estimate of drug-likeness (QED) is 0.282. The van der Waals surface area contributed by atoms with Crippen LogP contribution in [0.4, 0.5) is 21.9 Å². The maximum atomic E-state index is 11.7. The van der Waals surface area contributed by atoms with Gasteiger partial charge in [0.15, 0.2) is 0 Å². The number of anilines is 3. The molecule has 0 aliphatic carbocycles. The van der Waals surface area contributed by atoms with Gasteiger partial charge in [-0.2, -0.15) is 8.42 Å². The zero-order valence-electron chi connectivity index (χ0n) is 17.6. The van der Waals surface area contributed by atoms with E-state index in [1.165, 1.54) is 6.07 Å². The van der Waals surface area contributed by atoms with E-state index in [1.54, 1.807) is 30.6 Å². The fourth-order valence-corrected chi connectivity index (χ4v) is 4.34. The van der Waals surface area contributed by atoms with Gasteiger partial charge in [0, 0.05) is 41.4 Å². The van der Waals surface area contributed by atoms with Crippen molar-refractivity contribution in [3.05, 3.63) is 91.3 Å². The van der Waals surface area contributed by atoms with Gasteiger partial charge in [-0.3, -0.25) is 9.54 Å². The summed E-state index contributed by atoms with van der Waals surface area (Å²) in [5.74, 6) is 0. The summed E-state index contributed by atoms with van der Waals surface area (Å²) >= 11 is 1.03. The Morgan fingerprint density at radius 1 is 0.818 bits per heavy atom. The van der Waals surface area contributed by atoms with Crippen LogP contribution in [-0.4, -0.2) is 31.0 Å². The van der Waals surface area contributed by atoms with Crippen molar-refractivity contribution in [3.63, 3.8) is 0 Å². The third-order valence-electron chi connectivity index (χ3n) is 4.26. The van der Waals surface area contributed by atoms with Crippen LogP contribution in [0.25, 0.3) is 10.4 Å². The maximum absolute atomic E-state index is 11.7. The Bertz CT molecular complexity index is 1280. The van der Waals surface area contributed by atoms with Gasteiger partial charge in [0.05, 0.1) is 0 Å². The standard InChI is InChI=1S/C14H15N3O.C9H7NO3S2/c1-15-11-7-9-13(10-8-11)17-14(18)16-12-5-3-2-4-6-12;11-15(12,13)9-2-1-8(14-9)7-3-5-10-6-4-7/h2-10,15H,1H3,(H2,16,17,18);1-6H,(H,11,12,13). The van der Waals surface area contributed by atoms with Crippen molar-refractivity contribution < 1.29 is 17.8 Å². The van der Waals surface area contributed by atoms with E-state index in [1.807, 2.05) is 61.6 Å². The summed E-state index contributed by atoms with van der Waals surface area (Å²) in [5, 5.41) is 8.54. The topological polar surface area (TPSA) is 120 Å². The van der Waals surface area contributed by atoms with Crippen molar-refractivity contribution in [2.75, 3.05) is 23.0 Å². The summed E-state index contributed by atoms with van der Waals surface area (Å²) in [5.41, 5.74) is 3.40. The minimum atomic E-state index is -4.09. The molecule has 2 aromatic carbocycles. The smallest absolute Gasteiger partial charge is 0.323 e. The van der Waals surface area contributed by atoms with E-state index in [2.05, 4.69) is 20.9 Å². The summed E-state index contributed by atoms with van der Waals surface area (Å²) in [6.45, 7) is 0. The van der Waals surface area contributed by atoms with Crippen molar-refractivity contribution >= 4 is 44.5 Å². The van der Waals surface area contributed by atoms with Gasteiger partial charge in [-0.15, -0.1) is 11.3 Å². The summed E-state index contributed by atoms with van der Waals surface area (Å²) in [7, 11) is -2.24. The highest BCUT2D eigenvalue weighted by Gasteiger charge is 2.13. The lowest BCUT2D eigenvalue weighted by Gasteiger charge is -2.08. The molecule has 2 heterocycles. The SMILES string of the molecule is CNc1ccc(NC(=O)Nc2ccccc2)cc1.O=S(=O)(O)c1ccc(-c2ccncc2)s1. The third kappa shape index (κ3) is 7.42. The predicted octanol–water partition coefficient (Wildman–Crippen LogP) is 5.43. The molecule has 4 N–H and O–H groups in total. The minimum absolute atomic E-state index is 0.0469. The molecule has 0 atom stereocenters. The number of urea groups is 1. The lowest BCUT2D eigenvalue weighted by Crippen LogP contribution is -2.19. The highest BCUT2D eigenvalue weighted by Crippen LogP contribution is 2.29. The molecular formula is C23H22N4O4S2. The number of carbonyl (C=O) groups excluding carboxylic acids is 1. The van der Waals surface area contributed by atoms with Gasteiger partial charge in [0.2, 0.25) is 0 Å². The van der Waals surface area contributed by atoms with Crippen molar-refractivity contribution in [1.82, 2.24) is 4.98 Å². The van der Waals surface area contributed by atoms with Crippen LogP contribution in [-0.2, 0) is 10.1 Å². The van der Waals surface area contributed by atoms with Crippen molar-refractivity contribution in [1.29, 1.82) is 0 Å². The van der Waals surface area contributed by atoms with Crippen LogP contribution >= 0.6 is 11.3 Å². The maximum Gasteiger partial charge on any atom is 0.323 e. The first kappa shape index (κ1) is 23.9. The van der Waals surface area contributed by atoms with Crippen molar-refractivity contribution in [2.24, 2.45) is 0 Å². The Morgan fingerprint density at radius 2 is 1.39 bits per heavy atom. The van der Waals surface area contributed by atoms with Gasteiger partial charge in [-0.1, -0.05) is 18.2 Å². The van der Waals surface area contributed by atoms with Gasteiger partial charge >= 0.3 is 16.1 Å². The molecule has 0 aliphatic heterocycles. The molecule has 0 saturated heterocycles. The molecule has 0 saturated carbocycles. The van der Waals surface area contributed by atoms with Crippen LogP contribution in [0.1, 0.15) is 0 Å². The zero-order valence-corrected chi connectivity index (χ0v) is 19.2. The first-order chi connectivity index (χ1) is 15.8. The van der Waals surface area contributed by atoms with E-state index in [0.29, 0.717) is 0 Å². The van der Waals surface area contributed by atoms with E-state index in [0.717, 1.165) is 38.8 Å². The van der Waals surface area contributed by atoms with E-state index in [4.69, 9.17) is 4.55 Å². The molecule has 0 aliphatic rings. The summed E-state index contributed by atoms with van der Waals surface area (Å²) in [6, 6.07) is 23.2. The number of thiophene rings is 1. The highest BCUT2D eigenvalue weighted by molar-refractivity contribution is 7.88. The van der Waals surface area contributed by atoms with E-state index in [-0.39, 0.29) is 10.2 Å². The summed E-state index contributed by atoms with van der Waals surface area (Å²) in [6.07, 6.45) is 3.25. The van der Waals surface area contributed by atoms with Crippen LogP contribution in [0, 0.1) is 0 Å². The Hall–Kier alpha value is -3.73. The molecule has 2 amide bonds. The van der Waals surface area contributed by atoms with Gasteiger partial charge in [0.1, 0.15) is 4.21 Å². The Morgan fingerprint density at radius 3 is 1.94 bits per heavy atom. The number of hydrogen-bond acceptors (Lipinski definition) is 6. The molecule has 0 spiro atoms. The molecule has 0 radical (unpaired) electrons. The predicted molar refractivity (Wildman–Crippen MR) is 132 cm³/mol. The van der Waals surface area contributed by atoms with Gasteiger partial charge in [-0.25, -0.2) is 4.79 Å². The second-order valence-corrected chi connectivity index (χ2v) is 9.33. The van der Waals surface area contributed by atoms with Crippen LogP contribution in [0.2, 0.25) is 0 Å². The van der Waals surface area contributed by atoms with E-state index in [9.17, 15) is 13.2 Å². The largest absolute Gasteiger partial charge is 0.388 e. The molecule has 10 heteroatoms. The Kier molecular flexibility index (Phi) is 8.14. The number of amides is 2.